The molecule has 0 bridgehead atoms. The van der Waals surface area contributed by atoms with E-state index in [1.54, 1.807) is 6.33 Å². The smallest absolute Gasteiger partial charge is 0.224 e. The van der Waals surface area contributed by atoms with Gasteiger partial charge < -0.3 is 16.0 Å². The fourth-order valence-electron chi connectivity index (χ4n) is 1.67. The van der Waals surface area contributed by atoms with E-state index in [4.69, 9.17) is 5.73 Å². The highest BCUT2D eigenvalue weighted by molar-refractivity contribution is 5.83. The normalized spacial score (nSPS) is 17.6. The largest absolute Gasteiger partial charge is 0.368 e. The van der Waals surface area contributed by atoms with Crippen LogP contribution in [0, 0.1) is 5.41 Å². The van der Waals surface area contributed by atoms with Crippen LogP contribution in [0.25, 0.3) is 11.2 Å². The Morgan fingerprint density at radius 2 is 2.31 bits per heavy atom. The average Bonchev–Trinajstić information content (AvgIpc) is 2.79. The van der Waals surface area contributed by atoms with E-state index in [-0.39, 0.29) is 5.95 Å². The highest BCUT2D eigenvalue weighted by atomic mass is 15.1. The van der Waals surface area contributed by atoms with Crippen molar-refractivity contribution in [3.8, 4) is 0 Å². The van der Waals surface area contributed by atoms with E-state index >= 15 is 0 Å². The second-order valence-electron chi connectivity index (χ2n) is 4.70. The standard InChI is InChI=1S/C10H14N6/c1-10(2-3-10)4-12-7-6-8(14-5-13-6)16-9(11)15-7/h5H,2-4H2,1H3,(H4,11,12,13,14,15,16). The van der Waals surface area contributed by atoms with Crippen molar-refractivity contribution in [3.05, 3.63) is 6.33 Å². The van der Waals surface area contributed by atoms with Gasteiger partial charge in [-0.15, -0.1) is 0 Å². The highest BCUT2D eigenvalue weighted by Crippen LogP contribution is 2.44. The van der Waals surface area contributed by atoms with Crippen molar-refractivity contribution in [3.63, 3.8) is 0 Å². The first kappa shape index (κ1) is 9.38. The highest BCUT2D eigenvalue weighted by Gasteiger charge is 2.37. The molecule has 0 aliphatic heterocycles. The molecule has 2 aromatic rings. The molecule has 1 aliphatic rings. The summed E-state index contributed by atoms with van der Waals surface area (Å²) in [4.78, 5) is 15.3. The Labute approximate surface area is 92.7 Å². The maximum absolute atomic E-state index is 5.62. The number of hydrogen-bond acceptors (Lipinski definition) is 5. The third kappa shape index (κ3) is 1.56. The van der Waals surface area contributed by atoms with Crippen LogP contribution in [0.15, 0.2) is 6.33 Å². The molecule has 0 amide bonds. The zero-order valence-corrected chi connectivity index (χ0v) is 9.12. The van der Waals surface area contributed by atoms with E-state index in [1.807, 2.05) is 0 Å². The van der Waals surface area contributed by atoms with E-state index in [1.165, 1.54) is 12.8 Å². The van der Waals surface area contributed by atoms with Gasteiger partial charge in [-0.2, -0.15) is 9.97 Å². The quantitative estimate of drug-likeness (QED) is 0.718. The topological polar surface area (TPSA) is 92.5 Å². The lowest BCUT2D eigenvalue weighted by Crippen LogP contribution is -2.13. The summed E-state index contributed by atoms with van der Waals surface area (Å²) in [6, 6.07) is 0. The lowest BCUT2D eigenvalue weighted by Gasteiger charge is -2.11. The first-order valence-electron chi connectivity index (χ1n) is 5.37. The molecular weight excluding hydrogens is 204 g/mol. The van der Waals surface area contributed by atoms with Gasteiger partial charge in [0, 0.05) is 6.54 Å². The van der Waals surface area contributed by atoms with Gasteiger partial charge in [0.15, 0.2) is 11.5 Å². The van der Waals surface area contributed by atoms with Crippen molar-refractivity contribution in [1.82, 2.24) is 19.9 Å². The van der Waals surface area contributed by atoms with Crippen molar-refractivity contribution in [1.29, 1.82) is 0 Å². The number of aromatic amines is 1. The van der Waals surface area contributed by atoms with Crippen molar-refractivity contribution < 1.29 is 0 Å². The van der Waals surface area contributed by atoms with Crippen molar-refractivity contribution in [2.45, 2.75) is 19.8 Å². The predicted octanol–water partition coefficient (Wildman–Crippen LogP) is 1.15. The van der Waals surface area contributed by atoms with Gasteiger partial charge in [-0.05, 0) is 18.3 Å². The number of nitrogens with one attached hydrogen (secondary N) is 2. The molecule has 1 fully saturated rings. The van der Waals surface area contributed by atoms with Gasteiger partial charge >= 0.3 is 0 Å². The number of rotatable bonds is 3. The number of anilines is 2. The Morgan fingerprint density at radius 3 is 3.06 bits per heavy atom. The summed E-state index contributed by atoms with van der Waals surface area (Å²) in [5.41, 5.74) is 7.47. The molecule has 0 unspecified atom stereocenters. The van der Waals surface area contributed by atoms with Crippen molar-refractivity contribution in [2.75, 3.05) is 17.6 Å². The second kappa shape index (κ2) is 3.07. The monoisotopic (exact) mass is 218 g/mol. The number of fused-ring (bicyclic) bond motifs is 1. The van der Waals surface area contributed by atoms with Crippen LogP contribution in [0.5, 0.6) is 0 Å². The Bertz CT molecular complexity index is 527. The van der Waals surface area contributed by atoms with E-state index < -0.39 is 0 Å². The number of nitrogens with two attached hydrogens (primary N) is 1. The molecule has 0 aromatic carbocycles. The Kier molecular flexibility index (Phi) is 1.80. The molecule has 3 rings (SSSR count). The number of nitrogen functional groups attached to an aromatic ring is 1. The number of hydrogen-bond donors (Lipinski definition) is 3. The van der Waals surface area contributed by atoms with Crippen LogP contribution in [0.3, 0.4) is 0 Å². The molecule has 84 valence electrons. The SMILES string of the molecule is CC1(CNc2nc(N)nc3nc[nH]c23)CC1. The zero-order valence-electron chi connectivity index (χ0n) is 9.12. The third-order valence-electron chi connectivity index (χ3n) is 3.09. The maximum Gasteiger partial charge on any atom is 0.224 e. The number of imidazole rings is 1. The second-order valence-corrected chi connectivity index (χ2v) is 4.70. The van der Waals surface area contributed by atoms with Crippen LogP contribution in [0.1, 0.15) is 19.8 Å². The summed E-state index contributed by atoms with van der Waals surface area (Å²) in [5.74, 6) is 0.996. The minimum atomic E-state index is 0.253. The van der Waals surface area contributed by atoms with Gasteiger partial charge in [0.2, 0.25) is 5.95 Å². The molecule has 6 nitrogen and oxygen atoms in total. The van der Waals surface area contributed by atoms with E-state index in [9.17, 15) is 0 Å². The van der Waals surface area contributed by atoms with Gasteiger partial charge in [0.1, 0.15) is 5.52 Å². The molecule has 1 aliphatic carbocycles. The maximum atomic E-state index is 5.62. The Morgan fingerprint density at radius 1 is 1.50 bits per heavy atom. The minimum absolute atomic E-state index is 0.253. The van der Waals surface area contributed by atoms with Gasteiger partial charge in [0.05, 0.1) is 6.33 Å². The fourth-order valence-corrected chi connectivity index (χ4v) is 1.67. The zero-order chi connectivity index (χ0) is 11.2. The molecule has 6 heteroatoms. The molecule has 0 saturated heterocycles. The number of aromatic nitrogens is 4. The van der Waals surface area contributed by atoms with Gasteiger partial charge in [-0.3, -0.25) is 0 Å². The Hall–Kier alpha value is -1.85. The van der Waals surface area contributed by atoms with Crippen LogP contribution < -0.4 is 11.1 Å². The van der Waals surface area contributed by atoms with Crippen LogP contribution in [0.4, 0.5) is 11.8 Å². The summed E-state index contributed by atoms with van der Waals surface area (Å²) < 4.78 is 0. The molecule has 4 N–H and O–H groups in total. The molecular formula is C10H14N6. The van der Waals surface area contributed by atoms with Crippen LogP contribution in [-0.4, -0.2) is 26.5 Å². The average molecular weight is 218 g/mol. The first-order chi connectivity index (χ1) is 7.66. The van der Waals surface area contributed by atoms with Gasteiger partial charge in [-0.25, -0.2) is 4.98 Å². The first-order valence-corrected chi connectivity index (χ1v) is 5.37. The summed E-state index contributed by atoms with van der Waals surface area (Å²) >= 11 is 0. The molecule has 0 spiro atoms. The summed E-state index contributed by atoms with van der Waals surface area (Å²) in [6.07, 6.45) is 4.14. The molecule has 2 heterocycles. The van der Waals surface area contributed by atoms with Gasteiger partial charge in [0.25, 0.3) is 0 Å². The van der Waals surface area contributed by atoms with Crippen LogP contribution in [0.2, 0.25) is 0 Å². The van der Waals surface area contributed by atoms with Crippen molar-refractivity contribution in [2.24, 2.45) is 5.41 Å². The van der Waals surface area contributed by atoms with E-state index in [0.717, 1.165) is 17.9 Å². The van der Waals surface area contributed by atoms with Crippen molar-refractivity contribution >= 4 is 22.9 Å². The fraction of sp³-hybridized carbons (Fsp3) is 0.500. The molecule has 16 heavy (non-hydrogen) atoms. The minimum Gasteiger partial charge on any atom is -0.368 e. The summed E-state index contributed by atoms with van der Waals surface area (Å²) in [7, 11) is 0. The summed E-state index contributed by atoms with van der Waals surface area (Å²) in [6.45, 7) is 3.17. The molecule has 2 aromatic heterocycles. The molecule has 0 atom stereocenters. The molecule has 0 radical (unpaired) electrons. The third-order valence-corrected chi connectivity index (χ3v) is 3.09. The van der Waals surface area contributed by atoms with E-state index in [2.05, 4.69) is 32.2 Å². The number of H-pyrrole nitrogens is 1. The van der Waals surface area contributed by atoms with Crippen LogP contribution >= 0.6 is 0 Å². The Balaban J connectivity index is 1.92. The van der Waals surface area contributed by atoms with Crippen LogP contribution in [-0.2, 0) is 0 Å². The summed E-state index contributed by atoms with van der Waals surface area (Å²) in [5, 5.41) is 3.31. The lowest BCUT2D eigenvalue weighted by atomic mass is 10.1. The number of nitrogens with zero attached hydrogens (tertiary/aromatic N) is 3. The molecule has 1 saturated carbocycles. The van der Waals surface area contributed by atoms with E-state index in [0.29, 0.717) is 11.1 Å². The lowest BCUT2D eigenvalue weighted by molar-refractivity contribution is 0.610. The van der Waals surface area contributed by atoms with Gasteiger partial charge in [-0.1, -0.05) is 6.92 Å². The predicted molar refractivity (Wildman–Crippen MR) is 61.9 cm³/mol.